The van der Waals surface area contributed by atoms with E-state index in [1.807, 2.05) is 6.07 Å². The van der Waals surface area contributed by atoms with Gasteiger partial charge in [0.15, 0.2) is 0 Å². The van der Waals surface area contributed by atoms with Crippen molar-refractivity contribution in [1.82, 2.24) is 0 Å². The lowest BCUT2D eigenvalue weighted by molar-refractivity contribution is -0.116. The summed E-state index contributed by atoms with van der Waals surface area (Å²) in [4.78, 5) is 0. The lowest BCUT2D eigenvalue weighted by Gasteiger charge is -2.60. The van der Waals surface area contributed by atoms with Gasteiger partial charge in [-0.25, -0.2) is 0 Å². The minimum Gasteiger partial charge on any atom is -0.508 e. The summed E-state index contributed by atoms with van der Waals surface area (Å²) >= 11 is 0. The summed E-state index contributed by atoms with van der Waals surface area (Å²) < 4.78 is 6.27. The van der Waals surface area contributed by atoms with Gasteiger partial charge < -0.3 is 9.84 Å². The molecule has 0 spiro atoms. The van der Waals surface area contributed by atoms with Gasteiger partial charge in [0.2, 0.25) is 0 Å². The lowest BCUT2D eigenvalue weighted by atomic mass is 9.44. The fourth-order valence-corrected chi connectivity index (χ4v) is 5.25. The molecule has 0 radical (unpaired) electrons. The molecule has 1 heterocycles. The smallest absolute Gasteiger partial charge is 0.127 e. The van der Waals surface area contributed by atoms with Gasteiger partial charge in [-0.2, -0.15) is 0 Å². The lowest BCUT2D eigenvalue weighted by Crippen LogP contribution is -2.56. The van der Waals surface area contributed by atoms with Gasteiger partial charge in [-0.15, -0.1) is 0 Å². The first kappa shape index (κ1) is 14.4. The first-order valence-corrected chi connectivity index (χ1v) is 9.04. The first-order valence-electron chi connectivity index (χ1n) is 9.04. The second kappa shape index (κ2) is 4.91. The molecule has 22 heavy (non-hydrogen) atoms. The van der Waals surface area contributed by atoms with E-state index in [1.165, 1.54) is 31.2 Å². The van der Waals surface area contributed by atoms with Gasteiger partial charge in [0, 0.05) is 11.5 Å². The van der Waals surface area contributed by atoms with Crippen LogP contribution in [0.25, 0.3) is 0 Å². The second-order valence-corrected chi connectivity index (χ2v) is 8.26. The molecule has 3 fully saturated rings. The molecule has 2 nitrogen and oxygen atoms in total. The summed E-state index contributed by atoms with van der Waals surface area (Å²) in [6.07, 6.45) is 7.51. The van der Waals surface area contributed by atoms with Crippen LogP contribution < -0.4 is 4.74 Å². The van der Waals surface area contributed by atoms with E-state index in [1.54, 1.807) is 0 Å². The van der Waals surface area contributed by atoms with E-state index in [0.717, 1.165) is 30.1 Å². The van der Waals surface area contributed by atoms with Gasteiger partial charge >= 0.3 is 0 Å². The zero-order valence-electron chi connectivity index (χ0n) is 14.1. The molecule has 5 rings (SSSR count). The number of phenols is 1. The van der Waals surface area contributed by atoms with E-state index in [-0.39, 0.29) is 0 Å². The van der Waals surface area contributed by atoms with Crippen molar-refractivity contribution < 1.29 is 9.84 Å². The van der Waals surface area contributed by atoms with E-state index in [4.69, 9.17) is 4.74 Å². The zero-order chi connectivity index (χ0) is 15.5. The molecule has 1 aliphatic heterocycles. The number of benzene rings is 1. The monoisotopic (exact) mass is 300 g/mol. The minimum absolute atomic E-state index is 0.309. The van der Waals surface area contributed by atoms with Crippen LogP contribution >= 0.6 is 0 Å². The van der Waals surface area contributed by atoms with Crippen molar-refractivity contribution in [1.29, 1.82) is 0 Å². The number of unbranched alkanes of at least 4 members (excludes halogenated alkanes) is 2. The van der Waals surface area contributed by atoms with Crippen molar-refractivity contribution in [2.45, 2.75) is 71.3 Å². The summed E-state index contributed by atoms with van der Waals surface area (Å²) in [5.41, 5.74) is 2.76. The van der Waals surface area contributed by atoms with Crippen LogP contribution in [0.5, 0.6) is 11.5 Å². The van der Waals surface area contributed by atoms with Crippen LogP contribution in [0, 0.1) is 17.3 Å². The highest BCUT2D eigenvalue weighted by Crippen LogP contribution is 2.68. The Kier molecular flexibility index (Phi) is 3.22. The van der Waals surface area contributed by atoms with Crippen LogP contribution in [0.15, 0.2) is 12.1 Å². The average molecular weight is 300 g/mol. The third-order valence-electron chi connectivity index (χ3n) is 6.76. The summed E-state index contributed by atoms with van der Waals surface area (Å²) in [7, 11) is 0. The molecule has 4 unspecified atom stereocenters. The van der Waals surface area contributed by atoms with Crippen molar-refractivity contribution in [3.8, 4) is 11.5 Å². The van der Waals surface area contributed by atoms with Crippen LogP contribution in [0.2, 0.25) is 0 Å². The van der Waals surface area contributed by atoms with E-state index in [0.29, 0.717) is 29.1 Å². The number of phenolic OH excluding ortho intramolecular Hbond substituents is 1. The molecule has 0 aromatic heterocycles. The van der Waals surface area contributed by atoms with Crippen molar-refractivity contribution in [3.05, 3.63) is 23.3 Å². The van der Waals surface area contributed by atoms with Crippen LogP contribution in [-0.4, -0.2) is 11.2 Å². The Morgan fingerprint density at radius 1 is 1.23 bits per heavy atom. The third kappa shape index (κ3) is 1.92. The Bertz CT molecular complexity index is 590. The fourth-order valence-electron chi connectivity index (χ4n) is 5.25. The Morgan fingerprint density at radius 2 is 2.05 bits per heavy atom. The normalized spacial score (nSPS) is 33.6. The van der Waals surface area contributed by atoms with E-state index >= 15 is 0 Å². The van der Waals surface area contributed by atoms with Crippen molar-refractivity contribution in [2.24, 2.45) is 17.3 Å². The summed E-state index contributed by atoms with van der Waals surface area (Å²) in [5, 5.41) is 10.6. The maximum absolute atomic E-state index is 10.6. The molecular weight excluding hydrogens is 272 g/mol. The van der Waals surface area contributed by atoms with Gasteiger partial charge in [-0.05, 0) is 60.6 Å². The molecule has 0 saturated heterocycles. The molecule has 2 heteroatoms. The third-order valence-corrected chi connectivity index (χ3v) is 6.76. The SMILES string of the molecule is CCCCCc1cc(O)c2c(c1)OC1CC3CC(C21)C3(C)C. The number of aryl methyl sites for hydroxylation is 1. The predicted octanol–water partition coefficient (Wildman–Crippen LogP) is 5.04. The van der Waals surface area contributed by atoms with Gasteiger partial charge in [0.25, 0.3) is 0 Å². The Morgan fingerprint density at radius 3 is 2.77 bits per heavy atom. The van der Waals surface area contributed by atoms with Crippen molar-refractivity contribution >= 4 is 0 Å². The van der Waals surface area contributed by atoms with E-state index < -0.39 is 0 Å². The van der Waals surface area contributed by atoms with Gasteiger partial charge in [-0.3, -0.25) is 0 Å². The van der Waals surface area contributed by atoms with E-state index in [2.05, 4.69) is 26.8 Å². The van der Waals surface area contributed by atoms with Crippen LogP contribution in [0.4, 0.5) is 0 Å². The predicted molar refractivity (Wildman–Crippen MR) is 88.5 cm³/mol. The fraction of sp³-hybridized carbons (Fsp3) is 0.700. The largest absolute Gasteiger partial charge is 0.508 e. The molecule has 1 aromatic rings. The van der Waals surface area contributed by atoms with Crippen LogP contribution in [0.3, 0.4) is 0 Å². The summed E-state index contributed by atoms with van der Waals surface area (Å²) in [6.45, 7) is 7.02. The Hall–Kier alpha value is -1.18. The van der Waals surface area contributed by atoms with E-state index in [9.17, 15) is 5.11 Å². The molecular formula is C20H28O2. The van der Waals surface area contributed by atoms with Gasteiger partial charge in [0.1, 0.15) is 17.6 Å². The second-order valence-electron chi connectivity index (χ2n) is 8.26. The number of hydrogen-bond donors (Lipinski definition) is 1. The quantitative estimate of drug-likeness (QED) is 0.790. The topological polar surface area (TPSA) is 29.5 Å². The number of rotatable bonds is 4. The maximum atomic E-state index is 10.6. The van der Waals surface area contributed by atoms with Crippen LogP contribution in [-0.2, 0) is 6.42 Å². The molecule has 1 N–H and O–H groups in total. The van der Waals surface area contributed by atoms with Crippen molar-refractivity contribution in [2.75, 3.05) is 0 Å². The Labute approximate surface area is 133 Å². The molecule has 3 saturated carbocycles. The number of fused-ring (bicyclic) bond motifs is 1. The number of ether oxygens (including phenoxy) is 1. The maximum Gasteiger partial charge on any atom is 0.127 e. The average Bonchev–Trinajstić information content (AvgIpc) is 2.85. The summed E-state index contributed by atoms with van der Waals surface area (Å²) in [5.74, 6) is 3.36. The zero-order valence-corrected chi connectivity index (χ0v) is 14.1. The highest BCUT2D eigenvalue weighted by atomic mass is 16.5. The Balaban J connectivity index is 1.63. The van der Waals surface area contributed by atoms with Gasteiger partial charge in [0.05, 0.1) is 0 Å². The highest BCUT2D eigenvalue weighted by Gasteiger charge is 2.61. The molecule has 3 aliphatic carbocycles. The molecule has 4 atom stereocenters. The molecule has 1 aromatic carbocycles. The van der Waals surface area contributed by atoms with Crippen LogP contribution in [0.1, 0.15) is 69.9 Å². The number of aromatic hydroxyl groups is 1. The molecule has 0 amide bonds. The summed E-state index contributed by atoms with van der Waals surface area (Å²) in [6, 6.07) is 4.20. The molecule has 4 aliphatic rings. The van der Waals surface area contributed by atoms with Crippen molar-refractivity contribution in [3.63, 3.8) is 0 Å². The molecule has 2 bridgehead atoms. The molecule has 120 valence electrons. The standard InChI is InChI=1S/C20H28O2/c1-4-5-6-7-12-8-15(21)19-16(9-12)22-17-11-13-10-14(18(17)19)20(13,2)3/h8-9,13-14,17-18,21H,4-7,10-11H2,1-3H3. The van der Waals surface area contributed by atoms with Gasteiger partial charge in [-0.1, -0.05) is 33.6 Å². The first-order chi connectivity index (χ1) is 10.5. The number of hydrogen-bond acceptors (Lipinski definition) is 2. The minimum atomic E-state index is 0.309. The highest BCUT2D eigenvalue weighted by molar-refractivity contribution is 5.54.